The van der Waals surface area contributed by atoms with Gasteiger partial charge in [-0.05, 0) is 56.0 Å². The second-order valence-electron chi connectivity index (χ2n) is 5.84. The zero-order chi connectivity index (χ0) is 11.1. The van der Waals surface area contributed by atoms with Crippen molar-refractivity contribution in [2.75, 3.05) is 13.1 Å². The molecular formula is C12H20N2O2. The van der Waals surface area contributed by atoms with Gasteiger partial charge in [0.05, 0.1) is 0 Å². The SMILES string of the molecule is O=[N+]([O-])C1CCC2C3CCC(CNC3)C2C1. The first-order valence-electron chi connectivity index (χ1n) is 6.60. The molecular weight excluding hydrogens is 204 g/mol. The monoisotopic (exact) mass is 224 g/mol. The summed E-state index contributed by atoms with van der Waals surface area (Å²) in [5.41, 5.74) is 0. The van der Waals surface area contributed by atoms with Crippen molar-refractivity contribution in [1.29, 1.82) is 0 Å². The van der Waals surface area contributed by atoms with Crippen molar-refractivity contribution in [3.05, 3.63) is 10.1 Å². The van der Waals surface area contributed by atoms with Crippen LogP contribution in [-0.4, -0.2) is 24.1 Å². The van der Waals surface area contributed by atoms with Crippen LogP contribution < -0.4 is 5.32 Å². The van der Waals surface area contributed by atoms with Crippen molar-refractivity contribution in [1.82, 2.24) is 5.32 Å². The lowest BCUT2D eigenvalue weighted by atomic mass is 9.61. The topological polar surface area (TPSA) is 55.2 Å². The highest BCUT2D eigenvalue weighted by Gasteiger charge is 2.46. The zero-order valence-corrected chi connectivity index (χ0v) is 9.60. The maximum atomic E-state index is 10.9. The van der Waals surface area contributed by atoms with Crippen LogP contribution >= 0.6 is 0 Å². The molecule has 5 atom stereocenters. The second-order valence-corrected chi connectivity index (χ2v) is 5.84. The van der Waals surface area contributed by atoms with Gasteiger partial charge in [-0.2, -0.15) is 0 Å². The molecule has 4 aliphatic rings. The molecule has 2 saturated heterocycles. The van der Waals surface area contributed by atoms with Crippen LogP contribution in [0.2, 0.25) is 0 Å². The highest BCUT2D eigenvalue weighted by Crippen LogP contribution is 2.48. The van der Waals surface area contributed by atoms with E-state index in [2.05, 4.69) is 5.32 Å². The van der Waals surface area contributed by atoms with E-state index >= 15 is 0 Å². The van der Waals surface area contributed by atoms with Crippen LogP contribution in [0, 0.1) is 33.8 Å². The highest BCUT2D eigenvalue weighted by atomic mass is 16.6. The van der Waals surface area contributed by atoms with E-state index in [1.54, 1.807) is 0 Å². The number of hydrogen-bond acceptors (Lipinski definition) is 3. The van der Waals surface area contributed by atoms with Gasteiger partial charge in [-0.25, -0.2) is 0 Å². The van der Waals surface area contributed by atoms with E-state index in [1.807, 2.05) is 0 Å². The van der Waals surface area contributed by atoms with Crippen molar-refractivity contribution in [3.8, 4) is 0 Å². The summed E-state index contributed by atoms with van der Waals surface area (Å²) in [6.45, 7) is 2.25. The molecule has 4 nitrogen and oxygen atoms in total. The molecule has 90 valence electrons. The third-order valence-electron chi connectivity index (χ3n) is 5.16. The lowest BCUT2D eigenvalue weighted by Crippen LogP contribution is -2.42. The summed E-state index contributed by atoms with van der Waals surface area (Å²) in [6, 6.07) is -0.249. The molecule has 0 amide bonds. The van der Waals surface area contributed by atoms with Crippen molar-refractivity contribution >= 4 is 0 Å². The van der Waals surface area contributed by atoms with Crippen molar-refractivity contribution in [3.63, 3.8) is 0 Å². The lowest BCUT2D eigenvalue weighted by Gasteiger charge is -2.43. The second kappa shape index (κ2) is 3.99. The molecule has 2 heterocycles. The van der Waals surface area contributed by atoms with Crippen LogP contribution in [0.5, 0.6) is 0 Å². The Bertz CT molecular complexity index is 291. The molecule has 1 N–H and O–H groups in total. The summed E-state index contributed by atoms with van der Waals surface area (Å²) >= 11 is 0. The Labute approximate surface area is 95.9 Å². The zero-order valence-electron chi connectivity index (χ0n) is 9.60. The predicted octanol–water partition coefficient (Wildman–Crippen LogP) is 1.68. The fourth-order valence-corrected chi connectivity index (χ4v) is 4.34. The van der Waals surface area contributed by atoms with Gasteiger partial charge in [-0.15, -0.1) is 0 Å². The summed E-state index contributed by atoms with van der Waals surface area (Å²) in [4.78, 5) is 10.9. The number of hydrogen-bond donors (Lipinski definition) is 1. The fraction of sp³-hybridized carbons (Fsp3) is 1.00. The molecule has 2 aliphatic heterocycles. The first-order chi connectivity index (χ1) is 7.75. The van der Waals surface area contributed by atoms with Gasteiger partial charge in [0.15, 0.2) is 0 Å². The summed E-state index contributed by atoms with van der Waals surface area (Å²) < 4.78 is 0. The van der Waals surface area contributed by atoms with Gasteiger partial charge in [-0.1, -0.05) is 0 Å². The first kappa shape index (κ1) is 10.5. The molecule has 16 heavy (non-hydrogen) atoms. The normalized spacial score (nSPS) is 47.1. The molecule has 0 aromatic heterocycles. The minimum absolute atomic E-state index is 0.0395. The Kier molecular flexibility index (Phi) is 2.62. The highest BCUT2D eigenvalue weighted by molar-refractivity contribution is 4.95. The standard InChI is InChI=1S/C12H20N2O2/c15-14(16)10-3-4-11-8-1-2-9(7-13-6-8)12(11)5-10/h8-13H,1-7H2. The van der Waals surface area contributed by atoms with Crippen LogP contribution in [0.4, 0.5) is 0 Å². The molecule has 4 rings (SSSR count). The minimum Gasteiger partial charge on any atom is -0.316 e. The summed E-state index contributed by atoms with van der Waals surface area (Å²) in [6.07, 6.45) is 5.41. The third-order valence-corrected chi connectivity index (χ3v) is 5.16. The Balaban J connectivity index is 1.79. The van der Waals surface area contributed by atoms with Crippen LogP contribution in [-0.2, 0) is 0 Å². The van der Waals surface area contributed by atoms with Crippen molar-refractivity contribution in [2.24, 2.45) is 23.7 Å². The van der Waals surface area contributed by atoms with Gasteiger partial charge < -0.3 is 5.32 Å². The lowest BCUT2D eigenvalue weighted by molar-refractivity contribution is -0.529. The van der Waals surface area contributed by atoms with E-state index in [1.165, 1.54) is 12.8 Å². The third kappa shape index (κ3) is 1.63. The maximum absolute atomic E-state index is 10.9. The Morgan fingerprint density at radius 2 is 1.69 bits per heavy atom. The van der Waals surface area contributed by atoms with Gasteiger partial charge in [0.1, 0.15) is 0 Å². The van der Waals surface area contributed by atoms with Crippen LogP contribution in [0.3, 0.4) is 0 Å². The van der Waals surface area contributed by atoms with Gasteiger partial charge in [0.2, 0.25) is 6.04 Å². The number of fused-ring (bicyclic) bond motifs is 3. The number of rotatable bonds is 1. The van der Waals surface area contributed by atoms with E-state index in [0.29, 0.717) is 11.8 Å². The number of nitrogens with zero attached hydrogens (tertiary/aromatic N) is 1. The molecule has 0 aromatic rings. The molecule has 5 unspecified atom stereocenters. The quantitative estimate of drug-likeness (QED) is 0.544. The van der Waals surface area contributed by atoms with Gasteiger partial charge >= 0.3 is 0 Å². The summed E-state index contributed by atoms with van der Waals surface area (Å²) in [5.74, 6) is 2.94. The first-order valence-corrected chi connectivity index (χ1v) is 6.60. The fourth-order valence-electron chi connectivity index (χ4n) is 4.34. The van der Waals surface area contributed by atoms with Gasteiger partial charge in [0.25, 0.3) is 0 Å². The van der Waals surface area contributed by atoms with Crippen LogP contribution in [0.15, 0.2) is 0 Å². The molecule has 2 saturated carbocycles. The maximum Gasteiger partial charge on any atom is 0.213 e. The van der Waals surface area contributed by atoms with E-state index in [-0.39, 0.29) is 11.0 Å². The van der Waals surface area contributed by atoms with Crippen LogP contribution in [0.25, 0.3) is 0 Å². The Morgan fingerprint density at radius 1 is 1.00 bits per heavy atom. The largest absolute Gasteiger partial charge is 0.316 e. The Hall–Kier alpha value is -0.640. The molecule has 0 spiro atoms. The molecule has 2 bridgehead atoms. The smallest absolute Gasteiger partial charge is 0.213 e. The predicted molar refractivity (Wildman–Crippen MR) is 60.7 cm³/mol. The van der Waals surface area contributed by atoms with Crippen LogP contribution in [0.1, 0.15) is 32.1 Å². The molecule has 0 radical (unpaired) electrons. The number of nitrogens with one attached hydrogen (secondary N) is 1. The molecule has 4 fully saturated rings. The molecule has 4 heteroatoms. The average molecular weight is 224 g/mol. The summed E-state index contributed by atoms with van der Waals surface area (Å²) in [7, 11) is 0. The van der Waals surface area contributed by atoms with E-state index < -0.39 is 0 Å². The Morgan fingerprint density at radius 3 is 2.38 bits per heavy atom. The van der Waals surface area contributed by atoms with Gasteiger partial charge in [-0.3, -0.25) is 10.1 Å². The molecule has 0 aromatic carbocycles. The summed E-state index contributed by atoms with van der Waals surface area (Å²) in [5, 5.41) is 14.5. The van der Waals surface area contributed by atoms with Gasteiger partial charge in [0, 0.05) is 17.8 Å². The van der Waals surface area contributed by atoms with Crippen molar-refractivity contribution in [2.45, 2.75) is 38.1 Å². The van der Waals surface area contributed by atoms with E-state index in [4.69, 9.17) is 0 Å². The minimum atomic E-state index is -0.249. The molecule has 2 aliphatic carbocycles. The van der Waals surface area contributed by atoms with E-state index in [0.717, 1.165) is 44.2 Å². The van der Waals surface area contributed by atoms with E-state index in [9.17, 15) is 10.1 Å². The number of nitro groups is 1. The van der Waals surface area contributed by atoms with Crippen molar-refractivity contribution < 1.29 is 4.92 Å². The average Bonchev–Trinajstić information content (AvgIpc) is 2.62.